The second kappa shape index (κ2) is 5.78. The molecule has 2 heterocycles. The van der Waals surface area contributed by atoms with E-state index in [1.54, 1.807) is 0 Å². The van der Waals surface area contributed by atoms with Crippen LogP contribution in [0.2, 0.25) is 0 Å². The first kappa shape index (κ1) is 14.8. The van der Waals surface area contributed by atoms with Crippen molar-refractivity contribution in [2.24, 2.45) is 5.92 Å². The maximum Gasteiger partial charge on any atom is 0.434 e. The van der Waals surface area contributed by atoms with Crippen molar-refractivity contribution in [1.29, 1.82) is 0 Å². The van der Waals surface area contributed by atoms with Gasteiger partial charge in [0.2, 0.25) is 5.89 Å². The van der Waals surface area contributed by atoms with Crippen LogP contribution in [0, 0.1) is 5.92 Å². The molecule has 1 aromatic heterocycles. The summed E-state index contributed by atoms with van der Waals surface area (Å²) in [7, 11) is 0. The number of nitrogens with zero attached hydrogens (tertiary/aromatic N) is 1. The predicted molar refractivity (Wildman–Crippen MR) is 69.0 cm³/mol. The summed E-state index contributed by atoms with van der Waals surface area (Å²) in [4.78, 5) is 22.6. The van der Waals surface area contributed by atoms with Gasteiger partial charge in [0.25, 0.3) is 0 Å². The molecular formula is C13H20N2O5. The second-order valence-corrected chi connectivity index (χ2v) is 6.01. The molecule has 0 bridgehead atoms. The fourth-order valence-electron chi connectivity index (χ4n) is 2.16. The minimum absolute atomic E-state index is 0.131. The van der Waals surface area contributed by atoms with Crippen molar-refractivity contribution < 1.29 is 18.7 Å². The molecule has 1 aromatic rings. The zero-order valence-electron chi connectivity index (χ0n) is 12.0. The van der Waals surface area contributed by atoms with Crippen molar-refractivity contribution in [2.45, 2.75) is 51.7 Å². The van der Waals surface area contributed by atoms with Crippen molar-refractivity contribution in [2.75, 3.05) is 6.61 Å². The van der Waals surface area contributed by atoms with Crippen LogP contribution in [0.3, 0.4) is 0 Å². The van der Waals surface area contributed by atoms with Gasteiger partial charge >= 0.3 is 11.7 Å². The van der Waals surface area contributed by atoms with Crippen molar-refractivity contribution in [3.05, 3.63) is 16.4 Å². The molecule has 1 aliphatic heterocycles. The Hall–Kier alpha value is -1.63. The fraction of sp³-hybridized carbons (Fsp3) is 0.769. The fourth-order valence-corrected chi connectivity index (χ4v) is 2.16. The Morgan fingerprint density at radius 3 is 2.70 bits per heavy atom. The number of nitrogens with one attached hydrogen (secondary N) is 1. The van der Waals surface area contributed by atoms with Gasteiger partial charge in [-0.15, -0.1) is 5.10 Å². The Balaban J connectivity index is 1.80. The van der Waals surface area contributed by atoms with Gasteiger partial charge in [0.1, 0.15) is 11.7 Å². The van der Waals surface area contributed by atoms with E-state index in [1.807, 2.05) is 20.8 Å². The molecule has 1 N–H and O–H groups in total. The normalized spacial score (nSPS) is 23.6. The Labute approximate surface area is 116 Å². The first-order valence-corrected chi connectivity index (χ1v) is 6.72. The Kier molecular flexibility index (Phi) is 4.27. The van der Waals surface area contributed by atoms with E-state index in [-0.39, 0.29) is 23.9 Å². The highest BCUT2D eigenvalue weighted by atomic mass is 16.6. The maximum atomic E-state index is 11.7. The number of aromatic nitrogens is 2. The van der Waals surface area contributed by atoms with Crippen LogP contribution < -0.4 is 5.76 Å². The monoisotopic (exact) mass is 284 g/mol. The molecule has 20 heavy (non-hydrogen) atoms. The zero-order chi connectivity index (χ0) is 14.8. The van der Waals surface area contributed by atoms with Crippen molar-refractivity contribution in [3.8, 4) is 0 Å². The predicted octanol–water partition coefficient (Wildman–Crippen LogP) is 1.56. The highest BCUT2D eigenvalue weighted by Crippen LogP contribution is 2.30. The van der Waals surface area contributed by atoms with E-state index in [4.69, 9.17) is 13.9 Å². The quantitative estimate of drug-likeness (QED) is 0.846. The zero-order valence-corrected chi connectivity index (χ0v) is 12.0. The van der Waals surface area contributed by atoms with Crippen LogP contribution in [0.1, 0.15) is 52.0 Å². The first-order valence-electron chi connectivity index (χ1n) is 6.72. The number of hydrogen-bond acceptors (Lipinski definition) is 6. The summed E-state index contributed by atoms with van der Waals surface area (Å²) in [6, 6.07) is 0. The summed E-state index contributed by atoms with van der Waals surface area (Å²) in [5.41, 5.74) is -0.465. The van der Waals surface area contributed by atoms with Crippen molar-refractivity contribution in [1.82, 2.24) is 10.2 Å². The standard InChI is InChI=1S/C13H20N2O5/c1-13(2,3)20-10(16)6-8-4-5-9(18-7-8)11-14-15-12(17)19-11/h8-9H,4-7H2,1-3H3,(H,15,17)/t8-,9-/m0/s1. The van der Waals surface area contributed by atoms with Gasteiger partial charge < -0.3 is 13.9 Å². The molecule has 1 saturated heterocycles. The van der Waals surface area contributed by atoms with Gasteiger partial charge in [-0.25, -0.2) is 9.89 Å². The Bertz CT molecular complexity index is 505. The molecule has 0 saturated carbocycles. The van der Waals surface area contributed by atoms with Gasteiger partial charge in [-0.1, -0.05) is 0 Å². The molecule has 1 aliphatic rings. The Morgan fingerprint density at radius 2 is 2.20 bits per heavy atom. The number of rotatable bonds is 3. The van der Waals surface area contributed by atoms with E-state index >= 15 is 0 Å². The molecule has 7 nitrogen and oxygen atoms in total. The minimum Gasteiger partial charge on any atom is -0.460 e. The number of hydrogen-bond donors (Lipinski definition) is 1. The number of carbonyl (C=O) groups excluding carboxylic acids is 1. The molecule has 0 radical (unpaired) electrons. The molecule has 2 rings (SSSR count). The summed E-state index contributed by atoms with van der Waals surface area (Å²) in [5.74, 6) is -0.396. The summed E-state index contributed by atoms with van der Waals surface area (Å²) in [6.45, 7) is 5.97. The highest BCUT2D eigenvalue weighted by Gasteiger charge is 2.29. The first-order chi connectivity index (χ1) is 9.33. The average Bonchev–Trinajstić information content (AvgIpc) is 2.74. The molecule has 0 spiro atoms. The third-order valence-electron chi connectivity index (χ3n) is 2.98. The van der Waals surface area contributed by atoms with Gasteiger partial charge in [-0.3, -0.25) is 4.79 Å². The third-order valence-corrected chi connectivity index (χ3v) is 2.98. The van der Waals surface area contributed by atoms with E-state index in [0.717, 1.165) is 6.42 Å². The van der Waals surface area contributed by atoms with Crippen LogP contribution in [0.4, 0.5) is 0 Å². The molecule has 0 amide bonds. The molecule has 112 valence electrons. The van der Waals surface area contributed by atoms with Crippen LogP contribution >= 0.6 is 0 Å². The number of carbonyl (C=O) groups is 1. The average molecular weight is 284 g/mol. The van der Waals surface area contributed by atoms with Crippen LogP contribution in [-0.2, 0) is 14.3 Å². The van der Waals surface area contributed by atoms with Crippen molar-refractivity contribution in [3.63, 3.8) is 0 Å². The lowest BCUT2D eigenvalue weighted by Crippen LogP contribution is -2.28. The van der Waals surface area contributed by atoms with Crippen LogP contribution in [0.15, 0.2) is 9.21 Å². The molecule has 0 aromatic carbocycles. The molecule has 0 aliphatic carbocycles. The van der Waals surface area contributed by atoms with Gasteiger partial charge in [0.05, 0.1) is 13.0 Å². The highest BCUT2D eigenvalue weighted by molar-refractivity contribution is 5.70. The molecule has 1 fully saturated rings. The van der Waals surface area contributed by atoms with Gasteiger partial charge in [-0.2, -0.15) is 0 Å². The summed E-state index contributed by atoms with van der Waals surface area (Å²) in [5, 5.41) is 5.96. The van der Waals surface area contributed by atoms with Crippen molar-refractivity contribution >= 4 is 5.97 Å². The molecule has 0 unspecified atom stereocenters. The molecule has 7 heteroatoms. The molecule has 2 atom stereocenters. The number of aromatic amines is 1. The van der Waals surface area contributed by atoms with Gasteiger partial charge in [0.15, 0.2) is 0 Å². The molecular weight excluding hydrogens is 264 g/mol. The number of ether oxygens (including phenoxy) is 2. The lowest BCUT2D eigenvalue weighted by Gasteiger charge is -2.27. The SMILES string of the molecule is CC(C)(C)OC(=O)C[C@@H]1CC[C@@H](c2n[nH]c(=O)o2)OC1. The van der Waals surface area contributed by atoms with E-state index in [0.29, 0.717) is 19.4 Å². The smallest absolute Gasteiger partial charge is 0.434 e. The Morgan fingerprint density at radius 1 is 1.45 bits per heavy atom. The minimum atomic E-state index is -0.584. The van der Waals surface area contributed by atoms with E-state index in [2.05, 4.69) is 10.2 Å². The number of H-pyrrole nitrogens is 1. The summed E-state index contributed by atoms with van der Waals surface area (Å²) < 4.78 is 15.7. The lowest BCUT2D eigenvalue weighted by atomic mass is 9.95. The third kappa shape index (κ3) is 4.19. The lowest BCUT2D eigenvalue weighted by molar-refractivity contribution is -0.157. The number of esters is 1. The summed E-state index contributed by atoms with van der Waals surface area (Å²) in [6.07, 6.45) is 1.50. The van der Waals surface area contributed by atoms with E-state index in [1.165, 1.54) is 0 Å². The van der Waals surface area contributed by atoms with E-state index < -0.39 is 11.4 Å². The van der Waals surface area contributed by atoms with E-state index in [9.17, 15) is 9.59 Å². The topological polar surface area (TPSA) is 94.4 Å². The maximum absolute atomic E-state index is 11.7. The van der Waals surface area contributed by atoms with Crippen LogP contribution in [0.25, 0.3) is 0 Å². The van der Waals surface area contributed by atoms with Crippen LogP contribution in [-0.4, -0.2) is 28.4 Å². The van der Waals surface area contributed by atoms with Crippen LogP contribution in [0.5, 0.6) is 0 Å². The summed E-state index contributed by atoms with van der Waals surface area (Å²) >= 11 is 0. The second-order valence-electron chi connectivity index (χ2n) is 6.01. The van der Waals surface area contributed by atoms with Gasteiger partial charge in [0, 0.05) is 0 Å². The van der Waals surface area contributed by atoms with Gasteiger partial charge in [-0.05, 0) is 39.5 Å². The largest absolute Gasteiger partial charge is 0.460 e.